The Hall–Kier alpha value is -3.21. The number of halogens is 1. The first-order valence-electron chi connectivity index (χ1n) is 10.5. The van der Waals surface area contributed by atoms with E-state index in [0.29, 0.717) is 23.1 Å². The SMILES string of the molecule is Cc1c(Cl)ccc2sc(N(Cc3ccccc3)C(=O)Cc3ccc4ccccc4c3)nc12. The molecule has 0 aliphatic heterocycles. The number of hydrogen-bond acceptors (Lipinski definition) is 3. The van der Waals surface area contributed by atoms with Crippen molar-refractivity contribution >= 4 is 55.0 Å². The summed E-state index contributed by atoms with van der Waals surface area (Å²) in [6.45, 7) is 2.44. The second-order valence-electron chi connectivity index (χ2n) is 7.84. The normalized spacial score (nSPS) is 11.2. The zero-order valence-corrected chi connectivity index (χ0v) is 19.2. The monoisotopic (exact) mass is 456 g/mol. The van der Waals surface area contributed by atoms with Crippen LogP contribution in [-0.2, 0) is 17.8 Å². The van der Waals surface area contributed by atoms with Gasteiger partial charge in [-0.15, -0.1) is 0 Å². The van der Waals surface area contributed by atoms with Gasteiger partial charge in [0.1, 0.15) is 0 Å². The molecule has 3 nitrogen and oxygen atoms in total. The number of benzene rings is 4. The molecule has 5 aromatic rings. The molecule has 1 heterocycles. The fraction of sp³-hybridized carbons (Fsp3) is 0.111. The second kappa shape index (κ2) is 8.73. The van der Waals surface area contributed by atoms with Gasteiger partial charge >= 0.3 is 0 Å². The van der Waals surface area contributed by atoms with Gasteiger partial charge in [0.15, 0.2) is 5.13 Å². The number of anilines is 1. The van der Waals surface area contributed by atoms with Crippen molar-refractivity contribution in [3.8, 4) is 0 Å². The Morgan fingerprint density at radius 1 is 0.906 bits per heavy atom. The zero-order chi connectivity index (χ0) is 22.1. The van der Waals surface area contributed by atoms with Crippen molar-refractivity contribution in [3.05, 3.63) is 107 Å². The van der Waals surface area contributed by atoms with Crippen molar-refractivity contribution in [2.75, 3.05) is 4.90 Å². The average molecular weight is 457 g/mol. The predicted molar refractivity (Wildman–Crippen MR) is 135 cm³/mol. The number of hydrogen-bond donors (Lipinski definition) is 0. The molecule has 0 saturated heterocycles. The van der Waals surface area contributed by atoms with E-state index in [1.807, 2.05) is 67.6 Å². The number of aromatic nitrogens is 1. The van der Waals surface area contributed by atoms with Crippen molar-refractivity contribution in [1.82, 2.24) is 4.98 Å². The highest BCUT2D eigenvalue weighted by Crippen LogP contribution is 2.34. The highest BCUT2D eigenvalue weighted by Gasteiger charge is 2.21. The van der Waals surface area contributed by atoms with Crippen molar-refractivity contribution < 1.29 is 4.79 Å². The lowest BCUT2D eigenvalue weighted by Gasteiger charge is -2.20. The molecule has 0 N–H and O–H groups in total. The smallest absolute Gasteiger partial charge is 0.233 e. The third-order valence-electron chi connectivity index (χ3n) is 5.62. The lowest BCUT2D eigenvalue weighted by Crippen LogP contribution is -2.31. The quantitative estimate of drug-likeness (QED) is 0.280. The van der Waals surface area contributed by atoms with Gasteiger partial charge in [0.25, 0.3) is 0 Å². The molecule has 1 aromatic heterocycles. The number of amides is 1. The van der Waals surface area contributed by atoms with E-state index < -0.39 is 0 Å². The zero-order valence-electron chi connectivity index (χ0n) is 17.6. The molecule has 32 heavy (non-hydrogen) atoms. The summed E-state index contributed by atoms with van der Waals surface area (Å²) in [6, 6.07) is 28.3. The fourth-order valence-corrected chi connectivity index (χ4v) is 5.05. The number of nitrogens with zero attached hydrogens (tertiary/aromatic N) is 2. The van der Waals surface area contributed by atoms with E-state index in [2.05, 4.69) is 24.3 Å². The molecule has 0 fully saturated rings. The maximum Gasteiger partial charge on any atom is 0.233 e. The molecular formula is C27H21ClN2OS. The van der Waals surface area contributed by atoms with E-state index in [1.54, 1.807) is 4.90 Å². The topological polar surface area (TPSA) is 33.2 Å². The number of fused-ring (bicyclic) bond motifs is 2. The number of carbonyl (C=O) groups is 1. The minimum absolute atomic E-state index is 0.0203. The third-order valence-corrected chi connectivity index (χ3v) is 7.07. The summed E-state index contributed by atoms with van der Waals surface area (Å²) in [7, 11) is 0. The van der Waals surface area contributed by atoms with Gasteiger partial charge in [-0.2, -0.15) is 0 Å². The summed E-state index contributed by atoms with van der Waals surface area (Å²) >= 11 is 7.83. The van der Waals surface area contributed by atoms with Crippen molar-refractivity contribution in [3.63, 3.8) is 0 Å². The van der Waals surface area contributed by atoms with Crippen molar-refractivity contribution in [1.29, 1.82) is 0 Å². The Morgan fingerprint density at radius 3 is 2.47 bits per heavy atom. The molecule has 0 aliphatic rings. The van der Waals surface area contributed by atoms with E-state index in [9.17, 15) is 4.79 Å². The van der Waals surface area contributed by atoms with E-state index in [1.165, 1.54) is 16.7 Å². The molecule has 0 saturated carbocycles. The van der Waals surface area contributed by atoms with Gasteiger partial charge in [-0.3, -0.25) is 9.69 Å². The van der Waals surface area contributed by atoms with Crippen LogP contribution in [0, 0.1) is 6.92 Å². The molecule has 0 bridgehead atoms. The van der Waals surface area contributed by atoms with Crippen LogP contribution in [0.5, 0.6) is 0 Å². The van der Waals surface area contributed by atoms with Crippen LogP contribution < -0.4 is 4.90 Å². The summed E-state index contributed by atoms with van der Waals surface area (Å²) in [6.07, 6.45) is 0.313. The van der Waals surface area contributed by atoms with Crippen LogP contribution in [0.3, 0.4) is 0 Å². The van der Waals surface area contributed by atoms with Crippen LogP contribution in [0.15, 0.2) is 84.9 Å². The summed E-state index contributed by atoms with van der Waals surface area (Å²) in [5, 5.41) is 3.69. The van der Waals surface area contributed by atoms with Gasteiger partial charge in [0.05, 0.1) is 23.2 Å². The number of rotatable bonds is 5. The molecule has 0 spiro atoms. The molecule has 1 amide bonds. The summed E-state index contributed by atoms with van der Waals surface area (Å²) in [5.74, 6) is 0.0203. The fourth-order valence-electron chi connectivity index (χ4n) is 3.85. The maximum atomic E-state index is 13.5. The van der Waals surface area contributed by atoms with Crippen LogP contribution >= 0.6 is 22.9 Å². The Bertz CT molecular complexity index is 1430. The second-order valence-corrected chi connectivity index (χ2v) is 9.26. The lowest BCUT2D eigenvalue weighted by atomic mass is 10.0. The maximum absolute atomic E-state index is 13.5. The number of aryl methyl sites for hydroxylation is 1. The third kappa shape index (κ3) is 4.12. The summed E-state index contributed by atoms with van der Waals surface area (Å²) in [5.41, 5.74) is 3.85. The van der Waals surface area contributed by atoms with Crippen LogP contribution in [0.25, 0.3) is 21.0 Å². The highest BCUT2D eigenvalue weighted by molar-refractivity contribution is 7.22. The molecule has 0 radical (unpaired) electrons. The summed E-state index contributed by atoms with van der Waals surface area (Å²) < 4.78 is 1.03. The molecule has 5 heteroatoms. The van der Waals surface area contributed by atoms with Crippen molar-refractivity contribution in [2.45, 2.75) is 19.9 Å². The minimum atomic E-state index is 0.0203. The number of carbonyl (C=O) groups excluding carboxylic acids is 1. The Morgan fingerprint density at radius 2 is 1.66 bits per heavy atom. The van der Waals surface area contributed by atoms with Gasteiger partial charge in [0.2, 0.25) is 5.91 Å². The first kappa shape index (κ1) is 20.7. The van der Waals surface area contributed by atoms with E-state index in [0.717, 1.165) is 32.3 Å². The largest absolute Gasteiger partial charge is 0.283 e. The minimum Gasteiger partial charge on any atom is -0.283 e. The molecule has 0 unspecified atom stereocenters. The van der Waals surface area contributed by atoms with Gasteiger partial charge < -0.3 is 0 Å². The lowest BCUT2D eigenvalue weighted by molar-refractivity contribution is -0.118. The van der Waals surface area contributed by atoms with Gasteiger partial charge in [0, 0.05) is 5.02 Å². The molecule has 5 rings (SSSR count). The standard InChI is InChI=1S/C27H21ClN2OS/c1-18-23(28)13-14-24-26(18)29-27(32-24)30(17-19-7-3-2-4-8-19)25(31)16-20-11-12-21-9-5-6-10-22(21)15-20/h2-15H,16-17H2,1H3. The Labute approximate surface area is 195 Å². The van der Waals surface area contributed by atoms with Crippen LogP contribution in [0.4, 0.5) is 5.13 Å². The number of thiazole rings is 1. The molecular weight excluding hydrogens is 436 g/mol. The Kier molecular flexibility index (Phi) is 5.64. The Balaban J connectivity index is 1.51. The predicted octanol–water partition coefficient (Wildman–Crippen LogP) is 7.19. The van der Waals surface area contributed by atoms with E-state index in [-0.39, 0.29) is 5.91 Å². The van der Waals surface area contributed by atoms with E-state index in [4.69, 9.17) is 16.6 Å². The van der Waals surface area contributed by atoms with Crippen LogP contribution in [0.2, 0.25) is 5.02 Å². The van der Waals surface area contributed by atoms with Crippen LogP contribution in [-0.4, -0.2) is 10.9 Å². The van der Waals surface area contributed by atoms with Gasteiger partial charge in [-0.1, -0.05) is 95.7 Å². The highest BCUT2D eigenvalue weighted by atomic mass is 35.5. The molecule has 0 atom stereocenters. The van der Waals surface area contributed by atoms with Gasteiger partial charge in [-0.25, -0.2) is 4.98 Å². The first-order chi connectivity index (χ1) is 15.6. The van der Waals surface area contributed by atoms with Gasteiger partial charge in [-0.05, 0) is 46.5 Å². The molecule has 158 valence electrons. The summed E-state index contributed by atoms with van der Waals surface area (Å²) in [4.78, 5) is 20.2. The van der Waals surface area contributed by atoms with Crippen LogP contribution in [0.1, 0.15) is 16.7 Å². The van der Waals surface area contributed by atoms with E-state index >= 15 is 0 Å². The van der Waals surface area contributed by atoms with Crippen molar-refractivity contribution in [2.24, 2.45) is 0 Å². The molecule has 4 aromatic carbocycles. The molecule has 0 aliphatic carbocycles. The first-order valence-corrected chi connectivity index (χ1v) is 11.7. The average Bonchev–Trinajstić information content (AvgIpc) is 3.25.